The Morgan fingerprint density at radius 1 is 0.426 bits per heavy atom. The second-order valence-electron chi connectivity index (χ2n) is 15.6. The Hall–Kier alpha value is -8.21. The lowest BCUT2D eigenvalue weighted by Gasteiger charge is -2.28. The molecule has 0 unspecified atom stereocenters. The van der Waals surface area contributed by atoms with E-state index in [0.717, 1.165) is 72.5 Å². The van der Waals surface area contributed by atoms with Crippen molar-refractivity contribution in [1.82, 2.24) is 9.55 Å². The van der Waals surface area contributed by atoms with Gasteiger partial charge in [0.05, 0.1) is 16.7 Å². The standard InChI is InChI=1S/C57H37N3O/c1-2-12-38(13-3-1)42-15-10-16-45(36-42)59(43-29-26-41(27-30-43)48-20-11-21-51-52-37-58-35-34-55(52)61-57(48)51)53-22-8-6-17-46(53)40-24-31-44(32-25-40)60-54-23-9-7-19-49(54)50-33-28-39-14-4-5-18-47(39)56(50)60/h1-37H. The summed E-state index contributed by atoms with van der Waals surface area (Å²) in [6.07, 6.45) is 3.66. The van der Waals surface area contributed by atoms with E-state index in [1.165, 1.54) is 38.1 Å². The van der Waals surface area contributed by atoms with E-state index >= 15 is 0 Å². The van der Waals surface area contributed by atoms with Crippen LogP contribution in [0.1, 0.15) is 0 Å². The van der Waals surface area contributed by atoms with Crippen LogP contribution in [-0.2, 0) is 0 Å². The summed E-state index contributed by atoms with van der Waals surface area (Å²) in [4.78, 5) is 6.74. The summed E-state index contributed by atoms with van der Waals surface area (Å²) in [5.41, 5.74) is 15.2. The molecule has 0 radical (unpaired) electrons. The topological polar surface area (TPSA) is 34.2 Å². The maximum absolute atomic E-state index is 6.42. The maximum Gasteiger partial charge on any atom is 0.143 e. The number of para-hydroxylation sites is 3. The summed E-state index contributed by atoms with van der Waals surface area (Å²) in [6, 6.07) is 76.3. The lowest BCUT2D eigenvalue weighted by molar-refractivity contribution is 0.669. The number of hydrogen-bond donors (Lipinski definition) is 0. The van der Waals surface area contributed by atoms with Gasteiger partial charge in [-0.1, -0.05) is 158 Å². The quantitative estimate of drug-likeness (QED) is 0.162. The molecule has 3 heterocycles. The molecule has 0 saturated heterocycles. The van der Waals surface area contributed by atoms with Crippen LogP contribution in [0.4, 0.5) is 17.1 Å². The minimum absolute atomic E-state index is 0.840. The van der Waals surface area contributed by atoms with Gasteiger partial charge in [-0.05, 0) is 82.2 Å². The molecule has 0 fully saturated rings. The monoisotopic (exact) mass is 779 g/mol. The Bertz CT molecular complexity index is 3580. The van der Waals surface area contributed by atoms with Crippen molar-refractivity contribution in [2.75, 3.05) is 4.90 Å². The Balaban J connectivity index is 0.993. The number of hydrogen-bond acceptors (Lipinski definition) is 3. The summed E-state index contributed by atoms with van der Waals surface area (Å²) < 4.78 is 8.84. The van der Waals surface area contributed by atoms with Gasteiger partial charge in [-0.25, -0.2) is 0 Å². The minimum atomic E-state index is 0.840. The van der Waals surface area contributed by atoms with Crippen LogP contribution in [0.5, 0.6) is 0 Å². The first-order valence-electron chi connectivity index (χ1n) is 20.7. The Morgan fingerprint density at radius 2 is 1.11 bits per heavy atom. The van der Waals surface area contributed by atoms with E-state index in [1.54, 1.807) is 6.20 Å². The molecule has 12 rings (SSSR count). The number of benzene rings is 9. The number of nitrogens with zero attached hydrogens (tertiary/aromatic N) is 3. The van der Waals surface area contributed by atoms with Crippen LogP contribution in [0.3, 0.4) is 0 Å². The van der Waals surface area contributed by atoms with E-state index < -0.39 is 0 Å². The van der Waals surface area contributed by atoms with Crippen molar-refractivity contribution in [3.05, 3.63) is 225 Å². The largest absolute Gasteiger partial charge is 0.455 e. The van der Waals surface area contributed by atoms with Crippen LogP contribution in [-0.4, -0.2) is 9.55 Å². The van der Waals surface area contributed by atoms with Crippen LogP contribution in [0, 0.1) is 0 Å². The number of furan rings is 1. The van der Waals surface area contributed by atoms with E-state index in [1.807, 2.05) is 12.3 Å². The molecule has 0 N–H and O–H groups in total. The molecule has 4 nitrogen and oxygen atoms in total. The molecule has 0 saturated carbocycles. The molecule has 0 aliphatic carbocycles. The fraction of sp³-hybridized carbons (Fsp3) is 0. The highest BCUT2D eigenvalue weighted by Gasteiger charge is 2.20. The lowest BCUT2D eigenvalue weighted by Crippen LogP contribution is -2.11. The average molecular weight is 780 g/mol. The normalized spacial score (nSPS) is 11.6. The Morgan fingerprint density at radius 3 is 2.00 bits per heavy atom. The van der Waals surface area contributed by atoms with Crippen molar-refractivity contribution in [3.63, 3.8) is 0 Å². The van der Waals surface area contributed by atoms with E-state index in [2.05, 4.69) is 221 Å². The van der Waals surface area contributed by atoms with Crippen molar-refractivity contribution in [2.45, 2.75) is 0 Å². The van der Waals surface area contributed by atoms with Gasteiger partial charge in [-0.2, -0.15) is 0 Å². The van der Waals surface area contributed by atoms with E-state index in [0.29, 0.717) is 0 Å². The number of pyridine rings is 1. The Labute approximate surface area is 352 Å². The second kappa shape index (κ2) is 14.3. The summed E-state index contributed by atoms with van der Waals surface area (Å²) in [5.74, 6) is 0. The van der Waals surface area contributed by atoms with Crippen LogP contribution in [0.15, 0.2) is 229 Å². The number of fused-ring (bicyclic) bond motifs is 8. The molecule has 0 bridgehead atoms. The van der Waals surface area contributed by atoms with Crippen molar-refractivity contribution < 1.29 is 4.42 Å². The molecular weight excluding hydrogens is 743 g/mol. The van der Waals surface area contributed by atoms with Gasteiger partial charge in [0.1, 0.15) is 11.2 Å². The van der Waals surface area contributed by atoms with E-state index in [-0.39, 0.29) is 0 Å². The summed E-state index contributed by atoms with van der Waals surface area (Å²) >= 11 is 0. The fourth-order valence-corrected chi connectivity index (χ4v) is 9.24. The molecule has 0 amide bonds. The van der Waals surface area contributed by atoms with Crippen LogP contribution in [0.25, 0.3) is 93.6 Å². The molecule has 9 aromatic carbocycles. The summed E-state index contributed by atoms with van der Waals surface area (Å²) in [5, 5.41) is 7.08. The molecule has 61 heavy (non-hydrogen) atoms. The maximum atomic E-state index is 6.42. The molecule has 12 aromatic rings. The van der Waals surface area contributed by atoms with Gasteiger partial charge < -0.3 is 13.9 Å². The third-order valence-electron chi connectivity index (χ3n) is 12.1. The van der Waals surface area contributed by atoms with Gasteiger partial charge in [0, 0.05) is 67.5 Å². The van der Waals surface area contributed by atoms with Gasteiger partial charge >= 0.3 is 0 Å². The minimum Gasteiger partial charge on any atom is -0.455 e. The zero-order chi connectivity index (χ0) is 40.3. The molecule has 4 heteroatoms. The second-order valence-corrected chi connectivity index (χ2v) is 15.6. The van der Waals surface area contributed by atoms with E-state index in [9.17, 15) is 0 Å². The lowest BCUT2D eigenvalue weighted by atomic mass is 9.99. The predicted molar refractivity (Wildman–Crippen MR) is 254 cm³/mol. The highest BCUT2D eigenvalue weighted by molar-refractivity contribution is 6.18. The first-order valence-corrected chi connectivity index (χ1v) is 20.7. The fourth-order valence-electron chi connectivity index (χ4n) is 9.24. The molecule has 3 aromatic heterocycles. The molecule has 0 spiro atoms. The predicted octanol–water partition coefficient (Wildman–Crippen LogP) is 15.7. The molecular formula is C57H37N3O. The van der Waals surface area contributed by atoms with Crippen LogP contribution < -0.4 is 4.90 Å². The molecule has 0 aliphatic heterocycles. The number of aromatic nitrogens is 2. The smallest absolute Gasteiger partial charge is 0.143 e. The Kier molecular flexibility index (Phi) is 8.13. The zero-order valence-electron chi connectivity index (χ0n) is 33.1. The number of rotatable bonds is 7. The van der Waals surface area contributed by atoms with Gasteiger partial charge in [0.15, 0.2) is 0 Å². The van der Waals surface area contributed by atoms with Gasteiger partial charge in [-0.3, -0.25) is 4.98 Å². The van der Waals surface area contributed by atoms with Crippen LogP contribution in [0.2, 0.25) is 0 Å². The summed E-state index contributed by atoms with van der Waals surface area (Å²) in [7, 11) is 0. The zero-order valence-corrected chi connectivity index (χ0v) is 33.1. The van der Waals surface area contributed by atoms with Gasteiger partial charge in [-0.15, -0.1) is 0 Å². The highest BCUT2D eigenvalue weighted by Crippen LogP contribution is 2.44. The van der Waals surface area contributed by atoms with E-state index in [4.69, 9.17) is 4.42 Å². The van der Waals surface area contributed by atoms with Crippen LogP contribution >= 0.6 is 0 Å². The summed E-state index contributed by atoms with van der Waals surface area (Å²) in [6.45, 7) is 0. The third kappa shape index (κ3) is 5.80. The molecule has 286 valence electrons. The first kappa shape index (κ1) is 34.8. The molecule has 0 atom stereocenters. The highest BCUT2D eigenvalue weighted by atomic mass is 16.3. The van der Waals surface area contributed by atoms with Crippen molar-refractivity contribution in [3.8, 4) is 39.1 Å². The van der Waals surface area contributed by atoms with Crippen molar-refractivity contribution >= 4 is 71.6 Å². The average Bonchev–Trinajstić information content (AvgIpc) is 3.89. The SMILES string of the molecule is c1ccc(-c2cccc(N(c3ccc(-c4cccc5c4oc4ccncc45)cc3)c3ccccc3-c3ccc(-n4c5ccccc5c5ccc6ccccc6c54)cc3)c2)cc1. The third-order valence-corrected chi connectivity index (χ3v) is 12.1. The van der Waals surface area contributed by atoms with Gasteiger partial charge in [0.2, 0.25) is 0 Å². The molecule has 0 aliphatic rings. The van der Waals surface area contributed by atoms with Crippen molar-refractivity contribution in [2.24, 2.45) is 0 Å². The van der Waals surface area contributed by atoms with Gasteiger partial charge in [0.25, 0.3) is 0 Å². The number of anilines is 3. The first-order chi connectivity index (χ1) is 30.3. The van der Waals surface area contributed by atoms with Crippen molar-refractivity contribution in [1.29, 1.82) is 0 Å².